The third-order valence-corrected chi connectivity index (χ3v) is 4.14. The molecular weight excluding hydrogens is 342 g/mol. The van der Waals surface area contributed by atoms with Crippen LogP contribution in [-0.2, 0) is 6.61 Å². The summed E-state index contributed by atoms with van der Waals surface area (Å²) in [6, 6.07) is 9.05. The van der Waals surface area contributed by atoms with Gasteiger partial charge in [-0.1, -0.05) is 23.5 Å². The van der Waals surface area contributed by atoms with Gasteiger partial charge in [-0.2, -0.15) is 9.61 Å². The first-order valence-electron chi connectivity index (χ1n) is 5.87. The Morgan fingerprint density at radius 2 is 2.20 bits per heavy atom. The fourth-order valence-corrected chi connectivity index (χ4v) is 2.98. The number of ether oxygens (including phenoxy) is 1. The Morgan fingerprint density at radius 3 is 3.00 bits per heavy atom. The lowest BCUT2D eigenvalue weighted by atomic mass is 10.3. The number of rotatable bonds is 3. The monoisotopic (exact) mass is 351 g/mol. The number of hydrogen-bond acceptors (Lipinski definition) is 5. The summed E-state index contributed by atoms with van der Waals surface area (Å²) >= 11 is 4.77. The normalized spacial score (nSPS) is 10.9. The maximum Gasteiger partial charge on any atom is 0.275 e. The first-order chi connectivity index (χ1) is 9.63. The fourth-order valence-electron chi connectivity index (χ4n) is 1.72. The molecule has 0 aliphatic rings. The van der Waals surface area contributed by atoms with Gasteiger partial charge in [0.05, 0.1) is 4.47 Å². The van der Waals surface area contributed by atoms with E-state index in [-0.39, 0.29) is 5.56 Å². The number of para-hydroxylation sites is 1. The summed E-state index contributed by atoms with van der Waals surface area (Å²) in [6.45, 7) is 2.09. The second kappa shape index (κ2) is 5.34. The van der Waals surface area contributed by atoms with Crippen molar-refractivity contribution in [2.75, 3.05) is 0 Å². The first kappa shape index (κ1) is 13.3. The lowest BCUT2D eigenvalue weighted by molar-refractivity contribution is 0.302. The molecule has 3 rings (SSSR count). The molecule has 0 radical (unpaired) electrons. The van der Waals surface area contributed by atoms with Gasteiger partial charge in [-0.3, -0.25) is 4.79 Å². The Hall–Kier alpha value is -1.73. The molecule has 102 valence electrons. The van der Waals surface area contributed by atoms with E-state index in [4.69, 9.17) is 4.74 Å². The van der Waals surface area contributed by atoms with Gasteiger partial charge in [0.2, 0.25) is 4.96 Å². The molecule has 7 heteroatoms. The average molecular weight is 352 g/mol. The quantitative estimate of drug-likeness (QED) is 0.727. The molecule has 0 aliphatic carbocycles. The van der Waals surface area contributed by atoms with Crippen molar-refractivity contribution in [3.63, 3.8) is 0 Å². The van der Waals surface area contributed by atoms with E-state index in [9.17, 15) is 4.79 Å². The van der Waals surface area contributed by atoms with Crippen LogP contribution >= 0.6 is 27.3 Å². The van der Waals surface area contributed by atoms with Gasteiger partial charge in [0.25, 0.3) is 5.56 Å². The van der Waals surface area contributed by atoms with E-state index < -0.39 is 0 Å². The van der Waals surface area contributed by atoms with Crippen LogP contribution < -0.4 is 10.3 Å². The van der Waals surface area contributed by atoms with Gasteiger partial charge in [0.15, 0.2) is 5.01 Å². The van der Waals surface area contributed by atoms with Crippen LogP contribution in [0.15, 0.2) is 39.6 Å². The summed E-state index contributed by atoms with van der Waals surface area (Å²) < 4.78 is 7.86. The SMILES string of the molecule is Cc1cc(=O)n2nc(COc3ccccc3Br)sc2n1. The van der Waals surface area contributed by atoms with Gasteiger partial charge < -0.3 is 4.74 Å². The molecule has 0 aliphatic heterocycles. The largest absolute Gasteiger partial charge is 0.485 e. The second-order valence-corrected chi connectivity index (χ2v) is 6.04. The molecule has 1 aromatic carbocycles. The fraction of sp³-hybridized carbons (Fsp3) is 0.154. The molecule has 0 amide bonds. The van der Waals surface area contributed by atoms with Crippen LogP contribution in [0.25, 0.3) is 4.96 Å². The number of halogens is 1. The van der Waals surface area contributed by atoms with Crippen molar-refractivity contribution in [1.29, 1.82) is 0 Å². The molecule has 0 fully saturated rings. The van der Waals surface area contributed by atoms with Crippen LogP contribution in [0.3, 0.4) is 0 Å². The minimum absolute atomic E-state index is 0.170. The molecule has 2 aromatic heterocycles. The lowest BCUT2D eigenvalue weighted by Crippen LogP contribution is -2.14. The zero-order valence-corrected chi connectivity index (χ0v) is 12.9. The van der Waals surface area contributed by atoms with Crippen LogP contribution in [0, 0.1) is 6.92 Å². The molecule has 3 aromatic rings. The van der Waals surface area contributed by atoms with E-state index in [0.717, 1.165) is 10.2 Å². The highest BCUT2D eigenvalue weighted by molar-refractivity contribution is 9.10. The molecule has 0 saturated carbocycles. The highest BCUT2D eigenvalue weighted by Gasteiger charge is 2.09. The molecule has 5 nitrogen and oxygen atoms in total. The van der Waals surface area contributed by atoms with Crippen LogP contribution in [0.2, 0.25) is 0 Å². The zero-order chi connectivity index (χ0) is 14.1. The molecule has 0 bridgehead atoms. The summed E-state index contributed by atoms with van der Waals surface area (Å²) in [5, 5.41) is 4.92. The standard InChI is InChI=1S/C13H10BrN3O2S/c1-8-6-12(18)17-13(15-8)20-11(16-17)7-19-10-5-3-2-4-9(10)14/h2-6H,7H2,1H3. The van der Waals surface area contributed by atoms with Crippen molar-refractivity contribution in [1.82, 2.24) is 14.6 Å². The number of hydrogen-bond donors (Lipinski definition) is 0. The van der Waals surface area contributed by atoms with Crippen LogP contribution in [-0.4, -0.2) is 14.6 Å². The van der Waals surface area contributed by atoms with Gasteiger partial charge in [0, 0.05) is 11.8 Å². The van der Waals surface area contributed by atoms with Crippen molar-refractivity contribution >= 4 is 32.2 Å². The Labute approximate surface area is 127 Å². The molecule has 0 atom stereocenters. The van der Waals surface area contributed by atoms with Gasteiger partial charge in [-0.25, -0.2) is 4.98 Å². The van der Waals surface area contributed by atoms with E-state index in [0.29, 0.717) is 22.3 Å². The third-order valence-electron chi connectivity index (χ3n) is 2.60. The average Bonchev–Trinajstić information content (AvgIpc) is 2.81. The van der Waals surface area contributed by atoms with Crippen molar-refractivity contribution in [3.05, 3.63) is 55.9 Å². The molecular formula is C13H10BrN3O2S. The zero-order valence-electron chi connectivity index (χ0n) is 10.5. The minimum atomic E-state index is -0.170. The second-order valence-electron chi connectivity index (χ2n) is 4.15. The van der Waals surface area contributed by atoms with E-state index in [1.54, 1.807) is 6.92 Å². The van der Waals surface area contributed by atoms with Gasteiger partial charge in [-0.05, 0) is 35.0 Å². The molecule has 0 spiro atoms. The molecule has 20 heavy (non-hydrogen) atoms. The third kappa shape index (κ3) is 2.59. The first-order valence-corrected chi connectivity index (χ1v) is 7.48. The summed E-state index contributed by atoms with van der Waals surface area (Å²) in [7, 11) is 0. The number of benzene rings is 1. The van der Waals surface area contributed by atoms with E-state index in [1.165, 1.54) is 21.9 Å². The predicted molar refractivity (Wildman–Crippen MR) is 80.3 cm³/mol. The van der Waals surface area contributed by atoms with E-state index in [2.05, 4.69) is 26.0 Å². The Morgan fingerprint density at radius 1 is 1.40 bits per heavy atom. The molecule has 0 N–H and O–H groups in total. The number of aryl methyl sites for hydroxylation is 1. The maximum atomic E-state index is 11.8. The highest BCUT2D eigenvalue weighted by atomic mass is 79.9. The molecule has 0 unspecified atom stereocenters. The van der Waals surface area contributed by atoms with Gasteiger partial charge >= 0.3 is 0 Å². The minimum Gasteiger partial charge on any atom is -0.485 e. The van der Waals surface area contributed by atoms with Crippen LogP contribution in [0.1, 0.15) is 10.7 Å². The lowest BCUT2D eigenvalue weighted by Gasteiger charge is -2.04. The molecule has 2 heterocycles. The van der Waals surface area contributed by atoms with Crippen molar-refractivity contribution in [3.8, 4) is 5.75 Å². The smallest absolute Gasteiger partial charge is 0.275 e. The summed E-state index contributed by atoms with van der Waals surface area (Å²) in [4.78, 5) is 16.6. The van der Waals surface area contributed by atoms with E-state index >= 15 is 0 Å². The van der Waals surface area contributed by atoms with Gasteiger partial charge in [-0.15, -0.1) is 0 Å². The Kier molecular flexibility index (Phi) is 3.54. The number of aromatic nitrogens is 3. The Bertz CT molecular complexity index is 828. The summed E-state index contributed by atoms with van der Waals surface area (Å²) in [5.74, 6) is 0.739. The van der Waals surface area contributed by atoms with Crippen molar-refractivity contribution in [2.45, 2.75) is 13.5 Å². The van der Waals surface area contributed by atoms with Crippen molar-refractivity contribution in [2.24, 2.45) is 0 Å². The van der Waals surface area contributed by atoms with Crippen LogP contribution in [0.4, 0.5) is 0 Å². The number of fused-ring (bicyclic) bond motifs is 1. The van der Waals surface area contributed by atoms with Crippen molar-refractivity contribution < 1.29 is 4.74 Å². The predicted octanol–water partition coefficient (Wildman–Crippen LogP) is 2.80. The van der Waals surface area contributed by atoms with E-state index in [1.807, 2.05) is 24.3 Å². The Balaban J connectivity index is 1.87. The van der Waals surface area contributed by atoms with Crippen LogP contribution in [0.5, 0.6) is 5.75 Å². The van der Waals surface area contributed by atoms with Gasteiger partial charge in [0.1, 0.15) is 12.4 Å². The number of nitrogens with zero attached hydrogens (tertiary/aromatic N) is 3. The summed E-state index contributed by atoms with van der Waals surface area (Å²) in [6.07, 6.45) is 0. The maximum absolute atomic E-state index is 11.8. The summed E-state index contributed by atoms with van der Waals surface area (Å²) in [5.41, 5.74) is 0.521. The molecule has 0 saturated heterocycles. The highest BCUT2D eigenvalue weighted by Crippen LogP contribution is 2.25. The topological polar surface area (TPSA) is 56.5 Å².